The summed E-state index contributed by atoms with van der Waals surface area (Å²) in [5, 5.41) is 3.54. The molecule has 1 unspecified atom stereocenters. The zero-order valence-corrected chi connectivity index (χ0v) is 12.0. The average Bonchev–Trinajstić information content (AvgIpc) is 2.83. The summed E-state index contributed by atoms with van der Waals surface area (Å²) >= 11 is 0. The van der Waals surface area contributed by atoms with Crippen LogP contribution in [0.5, 0.6) is 0 Å². The molecule has 0 bridgehead atoms. The summed E-state index contributed by atoms with van der Waals surface area (Å²) in [5.74, 6) is 0. The first-order chi connectivity index (χ1) is 8.83. The van der Waals surface area contributed by atoms with E-state index in [1.165, 1.54) is 19.3 Å². The maximum Gasteiger partial charge on any atom is 0.0700 e. The maximum atomic E-state index is 5.59. The van der Waals surface area contributed by atoms with E-state index >= 15 is 0 Å². The minimum Gasteiger partial charge on any atom is -0.382 e. The molecule has 0 aromatic carbocycles. The molecule has 0 aromatic rings. The van der Waals surface area contributed by atoms with Crippen LogP contribution in [0.1, 0.15) is 32.6 Å². The predicted octanol–water partition coefficient (Wildman–Crippen LogP) is 1.84. The van der Waals surface area contributed by atoms with Crippen LogP contribution in [0.25, 0.3) is 0 Å². The van der Waals surface area contributed by atoms with Crippen LogP contribution in [0.2, 0.25) is 0 Å². The SMILES string of the molecule is CCCNCC1(CCCOCCOC)CCOC1. The molecule has 1 atom stereocenters. The van der Waals surface area contributed by atoms with Crippen LogP contribution in [-0.2, 0) is 14.2 Å². The molecule has 4 heteroatoms. The Morgan fingerprint density at radius 3 is 2.83 bits per heavy atom. The van der Waals surface area contributed by atoms with E-state index in [0.717, 1.165) is 39.3 Å². The van der Waals surface area contributed by atoms with Gasteiger partial charge < -0.3 is 19.5 Å². The van der Waals surface area contributed by atoms with Crippen molar-refractivity contribution in [1.82, 2.24) is 5.32 Å². The second-order valence-corrected chi connectivity index (χ2v) is 5.19. The van der Waals surface area contributed by atoms with Crippen molar-refractivity contribution in [2.75, 3.05) is 53.2 Å². The number of hydrogen-bond donors (Lipinski definition) is 1. The fourth-order valence-electron chi connectivity index (χ4n) is 2.40. The molecule has 0 radical (unpaired) electrons. The lowest BCUT2D eigenvalue weighted by Gasteiger charge is -2.27. The lowest BCUT2D eigenvalue weighted by atomic mass is 9.82. The maximum absolute atomic E-state index is 5.59. The van der Waals surface area contributed by atoms with Crippen molar-refractivity contribution >= 4 is 0 Å². The zero-order chi connectivity index (χ0) is 13.1. The molecule has 1 fully saturated rings. The Bertz CT molecular complexity index is 193. The van der Waals surface area contributed by atoms with Gasteiger partial charge >= 0.3 is 0 Å². The van der Waals surface area contributed by atoms with E-state index in [1.807, 2.05) is 0 Å². The molecule has 1 heterocycles. The lowest BCUT2D eigenvalue weighted by Crippen LogP contribution is -2.35. The van der Waals surface area contributed by atoms with Crippen LogP contribution in [0, 0.1) is 5.41 Å². The van der Waals surface area contributed by atoms with Crippen LogP contribution in [0.3, 0.4) is 0 Å². The summed E-state index contributed by atoms with van der Waals surface area (Å²) in [6, 6.07) is 0. The van der Waals surface area contributed by atoms with Gasteiger partial charge in [0.25, 0.3) is 0 Å². The Hall–Kier alpha value is -0.160. The molecule has 1 aliphatic heterocycles. The average molecular weight is 259 g/mol. The summed E-state index contributed by atoms with van der Waals surface area (Å²) in [4.78, 5) is 0. The summed E-state index contributed by atoms with van der Waals surface area (Å²) in [6.45, 7) is 8.43. The topological polar surface area (TPSA) is 39.7 Å². The molecular weight excluding hydrogens is 230 g/mol. The van der Waals surface area contributed by atoms with Crippen molar-refractivity contribution in [2.24, 2.45) is 5.41 Å². The number of ether oxygens (including phenoxy) is 3. The Kier molecular flexibility index (Phi) is 8.59. The van der Waals surface area contributed by atoms with Gasteiger partial charge in [-0.1, -0.05) is 6.92 Å². The van der Waals surface area contributed by atoms with Crippen LogP contribution in [0.4, 0.5) is 0 Å². The van der Waals surface area contributed by atoms with Crippen LogP contribution in [-0.4, -0.2) is 53.2 Å². The van der Waals surface area contributed by atoms with Crippen molar-refractivity contribution in [3.8, 4) is 0 Å². The Labute approximate surface area is 111 Å². The van der Waals surface area contributed by atoms with Gasteiger partial charge in [-0.2, -0.15) is 0 Å². The van der Waals surface area contributed by atoms with Crippen molar-refractivity contribution < 1.29 is 14.2 Å². The first kappa shape index (κ1) is 15.9. The second kappa shape index (κ2) is 9.73. The van der Waals surface area contributed by atoms with E-state index in [0.29, 0.717) is 18.6 Å². The minimum absolute atomic E-state index is 0.347. The first-order valence-electron chi connectivity index (χ1n) is 7.18. The highest BCUT2D eigenvalue weighted by Gasteiger charge is 2.33. The zero-order valence-electron chi connectivity index (χ0n) is 12.0. The molecule has 1 aliphatic rings. The van der Waals surface area contributed by atoms with Crippen LogP contribution < -0.4 is 5.32 Å². The Morgan fingerprint density at radius 2 is 2.17 bits per heavy atom. The first-order valence-corrected chi connectivity index (χ1v) is 7.18. The molecule has 0 amide bonds. The molecular formula is C14H29NO3. The summed E-state index contributed by atoms with van der Waals surface area (Å²) < 4.78 is 16.1. The fraction of sp³-hybridized carbons (Fsp3) is 1.00. The lowest BCUT2D eigenvalue weighted by molar-refractivity contribution is 0.0614. The van der Waals surface area contributed by atoms with Gasteiger partial charge in [-0.15, -0.1) is 0 Å². The Morgan fingerprint density at radius 1 is 1.28 bits per heavy atom. The molecule has 4 nitrogen and oxygen atoms in total. The largest absolute Gasteiger partial charge is 0.382 e. The normalized spacial score (nSPS) is 23.7. The highest BCUT2D eigenvalue weighted by atomic mass is 16.5. The molecule has 1 rings (SSSR count). The highest BCUT2D eigenvalue weighted by Crippen LogP contribution is 2.32. The van der Waals surface area contributed by atoms with E-state index in [4.69, 9.17) is 14.2 Å². The van der Waals surface area contributed by atoms with E-state index in [2.05, 4.69) is 12.2 Å². The monoisotopic (exact) mass is 259 g/mol. The summed E-state index contributed by atoms with van der Waals surface area (Å²) in [6.07, 6.45) is 4.68. The van der Waals surface area contributed by atoms with Crippen LogP contribution >= 0.6 is 0 Å². The minimum atomic E-state index is 0.347. The molecule has 18 heavy (non-hydrogen) atoms. The van der Waals surface area contributed by atoms with Gasteiger partial charge in [-0.05, 0) is 32.2 Å². The van der Waals surface area contributed by atoms with Gasteiger partial charge in [-0.3, -0.25) is 0 Å². The molecule has 1 saturated heterocycles. The third-order valence-electron chi connectivity index (χ3n) is 3.54. The molecule has 0 saturated carbocycles. The number of methoxy groups -OCH3 is 1. The van der Waals surface area contributed by atoms with E-state index in [9.17, 15) is 0 Å². The standard InChI is InChI=1S/C14H29NO3/c1-3-7-15-12-14(6-9-18-13-14)5-4-8-17-11-10-16-2/h15H,3-13H2,1-2H3. The molecule has 0 aromatic heterocycles. The van der Waals surface area contributed by atoms with Crippen molar-refractivity contribution in [1.29, 1.82) is 0 Å². The van der Waals surface area contributed by atoms with Crippen molar-refractivity contribution in [3.05, 3.63) is 0 Å². The van der Waals surface area contributed by atoms with Gasteiger partial charge in [0.05, 0.1) is 19.8 Å². The quantitative estimate of drug-likeness (QED) is 0.575. The van der Waals surface area contributed by atoms with Gasteiger partial charge in [0, 0.05) is 32.3 Å². The molecule has 108 valence electrons. The third kappa shape index (κ3) is 6.14. The predicted molar refractivity (Wildman–Crippen MR) is 73.0 cm³/mol. The van der Waals surface area contributed by atoms with E-state index in [-0.39, 0.29) is 0 Å². The van der Waals surface area contributed by atoms with Gasteiger partial charge in [0.1, 0.15) is 0 Å². The van der Waals surface area contributed by atoms with Crippen LogP contribution in [0.15, 0.2) is 0 Å². The van der Waals surface area contributed by atoms with Crippen molar-refractivity contribution in [2.45, 2.75) is 32.6 Å². The molecule has 0 spiro atoms. The highest BCUT2D eigenvalue weighted by molar-refractivity contribution is 4.85. The smallest absolute Gasteiger partial charge is 0.0700 e. The second-order valence-electron chi connectivity index (χ2n) is 5.19. The molecule has 1 N–H and O–H groups in total. The van der Waals surface area contributed by atoms with Gasteiger partial charge in [0.2, 0.25) is 0 Å². The third-order valence-corrected chi connectivity index (χ3v) is 3.54. The van der Waals surface area contributed by atoms with Gasteiger partial charge in [0.15, 0.2) is 0 Å². The number of rotatable bonds is 11. The van der Waals surface area contributed by atoms with Gasteiger partial charge in [-0.25, -0.2) is 0 Å². The fourth-order valence-corrected chi connectivity index (χ4v) is 2.40. The number of hydrogen-bond acceptors (Lipinski definition) is 4. The summed E-state index contributed by atoms with van der Waals surface area (Å²) in [5.41, 5.74) is 0.347. The van der Waals surface area contributed by atoms with Crippen molar-refractivity contribution in [3.63, 3.8) is 0 Å². The van der Waals surface area contributed by atoms with E-state index in [1.54, 1.807) is 7.11 Å². The summed E-state index contributed by atoms with van der Waals surface area (Å²) in [7, 11) is 1.70. The number of nitrogens with one attached hydrogen (secondary N) is 1. The van der Waals surface area contributed by atoms with E-state index < -0.39 is 0 Å². The molecule has 0 aliphatic carbocycles. The Balaban J connectivity index is 2.13.